The van der Waals surface area contributed by atoms with Crippen LogP contribution in [0.4, 0.5) is 0 Å². The average molecular weight is 129 g/mol. The van der Waals surface area contributed by atoms with Crippen molar-refractivity contribution >= 4 is 17.6 Å². The number of imide groups is 1. The largest absolute Gasteiger partial charge is 0.321 e. The Morgan fingerprint density at radius 3 is 2.00 bits per heavy atom. The van der Waals surface area contributed by atoms with Crippen LogP contribution in [-0.4, -0.2) is 27.9 Å². The van der Waals surface area contributed by atoms with Gasteiger partial charge in [0.25, 0.3) is 5.91 Å². The molecule has 0 aromatic rings. The average Bonchev–Trinajstić information content (AvgIpc) is 1.98. The smallest absolute Gasteiger partial charge is 0.288 e. The van der Waals surface area contributed by atoms with Gasteiger partial charge in [0.1, 0.15) is 0 Å². The van der Waals surface area contributed by atoms with Crippen molar-refractivity contribution in [2.75, 3.05) is 0 Å². The van der Waals surface area contributed by atoms with Gasteiger partial charge in [0.05, 0.1) is 6.42 Å². The number of carbonyl (C=O) groups excluding carboxylic acids is 3. The zero-order valence-electron chi connectivity index (χ0n) is 4.33. The summed E-state index contributed by atoms with van der Waals surface area (Å²) in [5, 5.41) is 8.19. The van der Waals surface area contributed by atoms with Crippen molar-refractivity contribution in [1.82, 2.24) is 5.06 Å². The molecule has 1 aliphatic rings. The number of carbonyl (C=O) groups is 3. The lowest BCUT2D eigenvalue weighted by atomic mass is 10.3. The van der Waals surface area contributed by atoms with E-state index in [2.05, 4.69) is 0 Å². The summed E-state index contributed by atoms with van der Waals surface area (Å²) >= 11 is 0. The number of nitrogens with zero attached hydrogens (tertiary/aromatic N) is 1. The van der Waals surface area contributed by atoms with Gasteiger partial charge in [0.15, 0.2) is 0 Å². The van der Waals surface area contributed by atoms with Crippen LogP contribution in [0, 0.1) is 0 Å². The van der Waals surface area contributed by atoms with E-state index in [1.54, 1.807) is 0 Å². The first-order valence-corrected chi connectivity index (χ1v) is 2.22. The Hall–Kier alpha value is -1.23. The molecule has 0 atom stereocenters. The standard InChI is InChI=1S/C4H3NO4/c6-2-1-3(7)5(9)4(2)8/h9H,1H2. The zero-order valence-corrected chi connectivity index (χ0v) is 4.33. The lowest BCUT2D eigenvalue weighted by Gasteiger charge is -1.97. The molecule has 1 N–H and O–H groups in total. The van der Waals surface area contributed by atoms with Crippen LogP contribution in [-0.2, 0) is 14.4 Å². The molecule has 0 aliphatic carbocycles. The van der Waals surface area contributed by atoms with E-state index >= 15 is 0 Å². The maximum atomic E-state index is 10.2. The topological polar surface area (TPSA) is 74.7 Å². The molecule has 0 aromatic carbocycles. The fourth-order valence-electron chi connectivity index (χ4n) is 0.519. The summed E-state index contributed by atoms with van der Waals surface area (Å²) in [4.78, 5) is 30.7. The van der Waals surface area contributed by atoms with Crippen LogP contribution in [0.1, 0.15) is 6.42 Å². The molecule has 2 amide bonds. The first kappa shape index (κ1) is 5.90. The van der Waals surface area contributed by atoms with Gasteiger partial charge in [0.2, 0.25) is 5.78 Å². The van der Waals surface area contributed by atoms with Gasteiger partial charge in [-0.3, -0.25) is 19.6 Å². The summed E-state index contributed by atoms with van der Waals surface area (Å²) < 4.78 is 0. The molecule has 0 saturated carbocycles. The summed E-state index contributed by atoms with van der Waals surface area (Å²) in [5.74, 6) is -2.85. The number of rotatable bonds is 0. The molecule has 0 aromatic heterocycles. The van der Waals surface area contributed by atoms with Crippen molar-refractivity contribution in [3.05, 3.63) is 0 Å². The lowest BCUT2D eigenvalue weighted by molar-refractivity contribution is -0.172. The maximum absolute atomic E-state index is 10.2. The van der Waals surface area contributed by atoms with E-state index in [0.29, 0.717) is 0 Å². The highest BCUT2D eigenvalue weighted by Gasteiger charge is 2.36. The molecule has 1 heterocycles. The van der Waals surface area contributed by atoms with Gasteiger partial charge in [0, 0.05) is 0 Å². The van der Waals surface area contributed by atoms with Gasteiger partial charge in [-0.05, 0) is 0 Å². The number of amides is 2. The molecule has 5 heteroatoms. The first-order chi connectivity index (χ1) is 4.13. The van der Waals surface area contributed by atoms with Crippen molar-refractivity contribution in [1.29, 1.82) is 0 Å². The highest BCUT2D eigenvalue weighted by molar-refractivity contribution is 6.45. The quantitative estimate of drug-likeness (QED) is 0.191. The number of Topliss-reactive ketones (excluding diaryl/α,β-unsaturated/α-hetero) is 1. The van der Waals surface area contributed by atoms with E-state index in [9.17, 15) is 14.4 Å². The predicted octanol–water partition coefficient (Wildman–Crippen LogP) is -1.30. The number of hydrogen-bond acceptors (Lipinski definition) is 4. The first-order valence-electron chi connectivity index (χ1n) is 2.22. The second-order valence-corrected chi connectivity index (χ2v) is 1.61. The van der Waals surface area contributed by atoms with Crippen LogP contribution in [0.3, 0.4) is 0 Å². The van der Waals surface area contributed by atoms with E-state index in [1.807, 2.05) is 0 Å². The second-order valence-electron chi connectivity index (χ2n) is 1.61. The van der Waals surface area contributed by atoms with E-state index in [0.717, 1.165) is 0 Å². The van der Waals surface area contributed by atoms with E-state index in [1.165, 1.54) is 0 Å². The minimum absolute atomic E-state index is 0.164. The van der Waals surface area contributed by atoms with Crippen molar-refractivity contribution in [2.24, 2.45) is 0 Å². The number of hydroxylamine groups is 2. The third kappa shape index (κ3) is 0.706. The fraction of sp³-hybridized carbons (Fsp3) is 0.250. The molecule has 0 spiro atoms. The summed E-state index contributed by atoms with van der Waals surface area (Å²) in [7, 11) is 0. The maximum Gasteiger partial charge on any atom is 0.321 e. The van der Waals surface area contributed by atoms with Gasteiger partial charge >= 0.3 is 5.91 Å². The van der Waals surface area contributed by atoms with Crippen LogP contribution in [0.2, 0.25) is 0 Å². The Bertz CT molecular complexity index is 197. The van der Waals surface area contributed by atoms with E-state index < -0.39 is 24.0 Å². The Morgan fingerprint density at radius 2 is 1.89 bits per heavy atom. The van der Waals surface area contributed by atoms with Crippen LogP contribution >= 0.6 is 0 Å². The number of hydrogen-bond donors (Lipinski definition) is 1. The molecule has 9 heavy (non-hydrogen) atoms. The van der Waals surface area contributed by atoms with Crippen molar-refractivity contribution < 1.29 is 19.6 Å². The third-order valence-electron chi connectivity index (χ3n) is 0.979. The van der Waals surface area contributed by atoms with Crippen molar-refractivity contribution in [2.45, 2.75) is 6.42 Å². The minimum Gasteiger partial charge on any atom is -0.288 e. The van der Waals surface area contributed by atoms with Crippen molar-refractivity contribution in [3.8, 4) is 0 Å². The molecule has 1 rings (SSSR count). The van der Waals surface area contributed by atoms with Crippen molar-refractivity contribution in [3.63, 3.8) is 0 Å². The molecule has 0 unspecified atom stereocenters. The molecule has 0 bridgehead atoms. The fourth-order valence-corrected chi connectivity index (χ4v) is 0.519. The molecule has 1 saturated heterocycles. The van der Waals surface area contributed by atoms with E-state index in [-0.39, 0.29) is 5.06 Å². The highest BCUT2D eigenvalue weighted by Crippen LogP contribution is 2.03. The SMILES string of the molecule is O=C1CC(=O)N(O)C1=O. The minimum atomic E-state index is -1.14. The zero-order chi connectivity index (χ0) is 7.02. The van der Waals surface area contributed by atoms with Crippen LogP contribution < -0.4 is 0 Å². The summed E-state index contributed by atoms with van der Waals surface area (Å²) in [6.07, 6.45) is -0.505. The lowest BCUT2D eigenvalue weighted by Crippen LogP contribution is -2.26. The number of ketones is 1. The monoisotopic (exact) mass is 129 g/mol. The van der Waals surface area contributed by atoms with Gasteiger partial charge in [-0.1, -0.05) is 0 Å². The van der Waals surface area contributed by atoms with Crippen LogP contribution in [0.5, 0.6) is 0 Å². The Morgan fingerprint density at radius 1 is 1.33 bits per heavy atom. The second kappa shape index (κ2) is 1.63. The normalized spacial score (nSPS) is 19.7. The molecule has 48 valence electrons. The van der Waals surface area contributed by atoms with Crippen LogP contribution in [0.25, 0.3) is 0 Å². The molecule has 0 radical (unpaired) electrons. The Balaban J connectivity index is 2.90. The van der Waals surface area contributed by atoms with Crippen LogP contribution in [0.15, 0.2) is 0 Å². The van der Waals surface area contributed by atoms with E-state index in [4.69, 9.17) is 5.21 Å². The summed E-state index contributed by atoms with van der Waals surface area (Å²) in [6.45, 7) is 0. The molecular weight excluding hydrogens is 126 g/mol. The molecule has 1 aliphatic heterocycles. The van der Waals surface area contributed by atoms with Gasteiger partial charge < -0.3 is 0 Å². The molecule has 5 nitrogen and oxygen atoms in total. The van der Waals surface area contributed by atoms with Gasteiger partial charge in [-0.2, -0.15) is 0 Å². The Labute approximate surface area is 49.8 Å². The highest BCUT2D eigenvalue weighted by atomic mass is 16.5. The predicted molar refractivity (Wildman–Crippen MR) is 23.3 cm³/mol. The Kier molecular flexibility index (Phi) is 1.07. The van der Waals surface area contributed by atoms with Gasteiger partial charge in [-0.15, -0.1) is 5.06 Å². The summed E-state index contributed by atoms with van der Waals surface area (Å²) in [5.41, 5.74) is 0. The summed E-state index contributed by atoms with van der Waals surface area (Å²) in [6, 6.07) is 0. The molecule has 1 fully saturated rings. The van der Waals surface area contributed by atoms with Gasteiger partial charge in [-0.25, -0.2) is 0 Å². The third-order valence-corrected chi connectivity index (χ3v) is 0.979. The molecular formula is C4H3NO4.